The highest BCUT2D eigenvalue weighted by molar-refractivity contribution is 6.32. The van der Waals surface area contributed by atoms with Gasteiger partial charge < -0.3 is 30.3 Å². The van der Waals surface area contributed by atoms with Crippen LogP contribution in [0.4, 0.5) is 5.69 Å². The Morgan fingerprint density at radius 3 is 2.50 bits per heavy atom. The molecule has 0 saturated carbocycles. The smallest absolute Gasteiger partial charge is 0.307 e. The van der Waals surface area contributed by atoms with Crippen LogP contribution in [0.2, 0.25) is 10.0 Å². The first-order chi connectivity index (χ1) is 17.3. The standard InChI is InChI=1S/C26H33Cl2N3O5/c27-19-3-1-17(2-4-19)14-30-7-5-20(6-8-30)29-22-15-31(16-24(22)33)23-13-25(36-10-9-32)21(28)11-18(23)12-26(34)35/h1-4,11,13,20,22,24,29,32-33H,5-10,12,14-16H2,(H,34,35)/t22?,24-/m1/s1. The van der Waals surface area contributed by atoms with Crippen LogP contribution in [-0.2, 0) is 17.8 Å². The number of hydrogen-bond acceptors (Lipinski definition) is 7. The number of aliphatic hydroxyl groups excluding tert-OH is 2. The first-order valence-electron chi connectivity index (χ1n) is 12.3. The molecule has 4 N–H and O–H groups in total. The lowest BCUT2D eigenvalue weighted by molar-refractivity contribution is -0.136. The summed E-state index contributed by atoms with van der Waals surface area (Å²) in [5, 5.41) is 34.0. The number of anilines is 1. The number of ether oxygens (including phenoxy) is 1. The molecule has 0 aliphatic carbocycles. The minimum atomic E-state index is -0.962. The van der Waals surface area contributed by atoms with Crippen molar-refractivity contribution in [2.24, 2.45) is 0 Å². The molecule has 0 amide bonds. The van der Waals surface area contributed by atoms with Crippen LogP contribution in [0.1, 0.15) is 24.0 Å². The van der Waals surface area contributed by atoms with Crippen LogP contribution < -0.4 is 15.0 Å². The Morgan fingerprint density at radius 1 is 1.11 bits per heavy atom. The van der Waals surface area contributed by atoms with Crippen molar-refractivity contribution >= 4 is 34.9 Å². The quantitative estimate of drug-likeness (QED) is 0.366. The van der Waals surface area contributed by atoms with Crippen LogP contribution in [0, 0.1) is 0 Å². The van der Waals surface area contributed by atoms with Gasteiger partial charge in [0.1, 0.15) is 12.4 Å². The highest BCUT2D eigenvalue weighted by atomic mass is 35.5. The fourth-order valence-electron chi connectivity index (χ4n) is 5.00. The predicted octanol–water partition coefficient (Wildman–Crippen LogP) is 2.80. The van der Waals surface area contributed by atoms with Crippen LogP contribution in [-0.4, -0.2) is 83.8 Å². The maximum absolute atomic E-state index is 11.5. The summed E-state index contributed by atoms with van der Waals surface area (Å²) in [6.07, 6.45) is 1.20. The van der Waals surface area contributed by atoms with Gasteiger partial charge in [-0.3, -0.25) is 9.69 Å². The number of likely N-dealkylation sites (tertiary alicyclic amines) is 1. The monoisotopic (exact) mass is 537 g/mol. The SMILES string of the molecule is O=C(O)Cc1cc(Cl)c(OCCO)cc1N1CC(NC2CCN(Cc3ccc(Cl)cc3)CC2)[C@H](O)C1. The average Bonchev–Trinajstić information content (AvgIpc) is 3.20. The summed E-state index contributed by atoms with van der Waals surface area (Å²) in [5.41, 5.74) is 2.48. The Labute approximate surface area is 221 Å². The van der Waals surface area contributed by atoms with Gasteiger partial charge in [0, 0.05) is 42.5 Å². The van der Waals surface area contributed by atoms with Gasteiger partial charge in [-0.1, -0.05) is 35.3 Å². The Balaban J connectivity index is 1.36. The molecule has 2 aliphatic heterocycles. The number of piperidine rings is 1. The molecular weight excluding hydrogens is 505 g/mol. The van der Waals surface area contributed by atoms with E-state index in [0.29, 0.717) is 41.2 Å². The third-order valence-electron chi connectivity index (χ3n) is 6.81. The number of nitrogens with zero attached hydrogens (tertiary/aromatic N) is 2. The van der Waals surface area contributed by atoms with Gasteiger partial charge in [-0.15, -0.1) is 0 Å². The molecule has 2 heterocycles. The van der Waals surface area contributed by atoms with E-state index in [9.17, 15) is 15.0 Å². The van der Waals surface area contributed by atoms with Gasteiger partial charge in [0.05, 0.1) is 30.2 Å². The van der Waals surface area contributed by atoms with Crippen LogP contribution in [0.5, 0.6) is 5.75 Å². The van der Waals surface area contributed by atoms with E-state index in [4.69, 9.17) is 33.0 Å². The molecule has 0 bridgehead atoms. The van der Waals surface area contributed by atoms with Gasteiger partial charge in [-0.2, -0.15) is 0 Å². The van der Waals surface area contributed by atoms with Gasteiger partial charge in [0.25, 0.3) is 0 Å². The molecule has 1 unspecified atom stereocenters. The fraction of sp³-hybridized carbons (Fsp3) is 0.500. The van der Waals surface area contributed by atoms with Crippen molar-refractivity contribution in [1.29, 1.82) is 0 Å². The van der Waals surface area contributed by atoms with E-state index in [0.717, 1.165) is 37.5 Å². The molecular formula is C26H33Cl2N3O5. The number of nitrogens with one attached hydrogen (secondary N) is 1. The van der Waals surface area contributed by atoms with Crippen LogP contribution in [0.25, 0.3) is 0 Å². The van der Waals surface area contributed by atoms with Gasteiger partial charge in [0.2, 0.25) is 0 Å². The predicted molar refractivity (Wildman–Crippen MR) is 140 cm³/mol. The molecule has 0 aromatic heterocycles. The Kier molecular flexibility index (Phi) is 9.33. The van der Waals surface area contributed by atoms with Gasteiger partial charge in [-0.25, -0.2) is 0 Å². The summed E-state index contributed by atoms with van der Waals surface area (Å²) in [4.78, 5) is 15.9. The molecule has 10 heteroatoms. The number of hydrogen-bond donors (Lipinski definition) is 4. The van der Waals surface area contributed by atoms with E-state index in [2.05, 4.69) is 22.3 Å². The Bertz CT molecular complexity index is 1030. The molecule has 2 fully saturated rings. The normalized spacial score (nSPS) is 21.2. The number of carboxylic acids is 1. The zero-order chi connectivity index (χ0) is 25.7. The number of carboxylic acid groups (broad SMARTS) is 1. The first-order valence-corrected chi connectivity index (χ1v) is 13.0. The van der Waals surface area contributed by atoms with Crippen molar-refractivity contribution in [1.82, 2.24) is 10.2 Å². The van der Waals surface area contributed by atoms with Gasteiger partial charge >= 0.3 is 5.97 Å². The maximum atomic E-state index is 11.5. The van der Waals surface area contributed by atoms with Crippen LogP contribution in [0.15, 0.2) is 36.4 Å². The second kappa shape index (κ2) is 12.4. The van der Waals surface area contributed by atoms with Crippen molar-refractivity contribution in [3.63, 3.8) is 0 Å². The summed E-state index contributed by atoms with van der Waals surface area (Å²) >= 11 is 12.3. The zero-order valence-electron chi connectivity index (χ0n) is 20.1. The lowest BCUT2D eigenvalue weighted by atomic mass is 10.0. The molecule has 2 aromatic carbocycles. The largest absolute Gasteiger partial charge is 0.490 e. The number of carbonyl (C=O) groups is 1. The lowest BCUT2D eigenvalue weighted by Gasteiger charge is -2.34. The summed E-state index contributed by atoms with van der Waals surface area (Å²) < 4.78 is 5.53. The molecule has 2 saturated heterocycles. The summed E-state index contributed by atoms with van der Waals surface area (Å²) in [6.45, 7) is 3.68. The minimum Gasteiger partial charge on any atom is -0.490 e. The number of benzene rings is 2. The van der Waals surface area contributed by atoms with E-state index >= 15 is 0 Å². The molecule has 0 spiro atoms. The van der Waals surface area contributed by atoms with Crippen LogP contribution >= 0.6 is 23.2 Å². The number of aliphatic hydroxyl groups is 2. The number of rotatable bonds is 10. The second-order valence-corrected chi connectivity index (χ2v) is 10.3. The van der Waals surface area contributed by atoms with Gasteiger partial charge in [-0.05, 0) is 55.3 Å². The zero-order valence-corrected chi connectivity index (χ0v) is 21.6. The van der Waals surface area contributed by atoms with Gasteiger partial charge in [0.15, 0.2) is 0 Å². The molecule has 36 heavy (non-hydrogen) atoms. The van der Waals surface area contributed by atoms with E-state index < -0.39 is 12.1 Å². The molecule has 2 aliphatic rings. The topological polar surface area (TPSA) is 106 Å². The first kappa shape index (κ1) is 27.0. The maximum Gasteiger partial charge on any atom is 0.307 e. The van der Waals surface area contributed by atoms with Crippen molar-refractivity contribution in [3.8, 4) is 5.75 Å². The fourth-order valence-corrected chi connectivity index (χ4v) is 5.37. The molecule has 196 valence electrons. The number of β-amino-alcohol motifs (C(OH)–C–C–N with tert-alkyl or cyclic N) is 1. The molecule has 2 atom stereocenters. The van der Waals surface area contributed by atoms with E-state index in [1.54, 1.807) is 12.1 Å². The summed E-state index contributed by atoms with van der Waals surface area (Å²) in [5.74, 6) is -0.579. The minimum absolute atomic E-state index is 0.0843. The van der Waals surface area contributed by atoms with Crippen molar-refractivity contribution in [2.45, 2.75) is 44.0 Å². The highest BCUT2D eigenvalue weighted by Crippen LogP contribution is 2.35. The number of aliphatic carboxylic acids is 1. The molecule has 2 aromatic rings. The third-order valence-corrected chi connectivity index (χ3v) is 7.36. The number of halogens is 2. The molecule has 0 radical (unpaired) electrons. The Morgan fingerprint density at radius 2 is 1.83 bits per heavy atom. The lowest BCUT2D eigenvalue weighted by Crippen LogP contribution is -2.49. The van der Waals surface area contributed by atoms with Crippen LogP contribution in [0.3, 0.4) is 0 Å². The van der Waals surface area contributed by atoms with E-state index in [1.165, 1.54) is 5.56 Å². The van der Waals surface area contributed by atoms with Crippen molar-refractivity contribution in [2.75, 3.05) is 44.3 Å². The molecule has 4 rings (SSSR count). The van der Waals surface area contributed by atoms with Crippen molar-refractivity contribution in [3.05, 3.63) is 57.6 Å². The van der Waals surface area contributed by atoms with Crippen molar-refractivity contribution < 1.29 is 24.9 Å². The summed E-state index contributed by atoms with van der Waals surface area (Å²) in [6, 6.07) is 11.4. The second-order valence-electron chi connectivity index (χ2n) is 9.48. The third kappa shape index (κ3) is 7.03. The Hall–Kier alpha value is -2.07. The molecule has 8 nitrogen and oxygen atoms in total. The summed E-state index contributed by atoms with van der Waals surface area (Å²) in [7, 11) is 0. The van der Waals surface area contributed by atoms with E-state index in [1.807, 2.05) is 17.0 Å². The highest BCUT2D eigenvalue weighted by Gasteiger charge is 2.35. The van der Waals surface area contributed by atoms with E-state index in [-0.39, 0.29) is 25.7 Å². The average molecular weight is 538 g/mol.